The first-order chi connectivity index (χ1) is 13.1. The molecule has 7 heteroatoms. The van der Waals surface area contributed by atoms with Crippen LogP contribution in [-0.2, 0) is 4.79 Å². The number of carbonyl (C=O) groups excluding carboxylic acids is 1. The molecule has 1 unspecified atom stereocenters. The van der Waals surface area contributed by atoms with Crippen molar-refractivity contribution in [2.24, 2.45) is 5.10 Å². The number of hydrazone groups is 1. The topological polar surface area (TPSA) is 81.2 Å². The summed E-state index contributed by atoms with van der Waals surface area (Å²) in [5.74, 6) is 1.31. The van der Waals surface area contributed by atoms with Crippen LogP contribution >= 0.6 is 0 Å². The number of ether oxygens (including phenoxy) is 3. The van der Waals surface area contributed by atoms with E-state index >= 15 is 0 Å². The first kappa shape index (κ1) is 20.1. The second kappa shape index (κ2) is 10.1. The van der Waals surface area contributed by atoms with E-state index in [1.807, 2.05) is 37.3 Å². The van der Waals surface area contributed by atoms with Gasteiger partial charge < -0.3 is 19.5 Å². The van der Waals surface area contributed by atoms with E-state index in [4.69, 9.17) is 14.2 Å². The number of hydrogen-bond donors (Lipinski definition) is 2. The third-order valence-corrected chi connectivity index (χ3v) is 3.91. The van der Waals surface area contributed by atoms with Gasteiger partial charge >= 0.3 is 0 Å². The predicted octanol–water partition coefficient (Wildman–Crippen LogP) is 3.05. The number of nitrogens with one attached hydrogen (secondary N) is 2. The SMILES string of the molecule is CCC(Nc1ccccc1)C(=O)N/N=C/c1cc(OC)c(OC)c(OC)c1. The number of benzene rings is 2. The molecule has 2 aromatic carbocycles. The third kappa shape index (κ3) is 5.37. The zero-order valence-corrected chi connectivity index (χ0v) is 16.0. The number of carbonyl (C=O) groups is 1. The van der Waals surface area contributed by atoms with Gasteiger partial charge in [-0.3, -0.25) is 4.79 Å². The maximum Gasteiger partial charge on any atom is 0.262 e. The van der Waals surface area contributed by atoms with Crippen LogP contribution in [0.5, 0.6) is 17.2 Å². The van der Waals surface area contributed by atoms with Crippen molar-refractivity contribution in [3.8, 4) is 17.2 Å². The summed E-state index contributed by atoms with van der Waals surface area (Å²) in [4.78, 5) is 12.4. The Bertz CT molecular complexity index is 753. The Morgan fingerprint density at radius 3 is 2.22 bits per heavy atom. The quantitative estimate of drug-likeness (QED) is 0.523. The summed E-state index contributed by atoms with van der Waals surface area (Å²) in [7, 11) is 4.63. The normalized spacial score (nSPS) is 11.7. The number of para-hydroxylation sites is 1. The average molecular weight is 371 g/mol. The largest absolute Gasteiger partial charge is 0.493 e. The highest BCUT2D eigenvalue weighted by Gasteiger charge is 2.16. The van der Waals surface area contributed by atoms with Gasteiger partial charge in [-0.05, 0) is 30.7 Å². The highest BCUT2D eigenvalue weighted by atomic mass is 16.5. The summed E-state index contributed by atoms with van der Waals surface area (Å²) in [6.07, 6.45) is 2.15. The molecule has 144 valence electrons. The van der Waals surface area contributed by atoms with E-state index in [1.54, 1.807) is 33.5 Å². The van der Waals surface area contributed by atoms with Crippen molar-refractivity contribution in [1.29, 1.82) is 0 Å². The van der Waals surface area contributed by atoms with Gasteiger partial charge in [0, 0.05) is 11.3 Å². The average Bonchev–Trinajstić information content (AvgIpc) is 2.71. The molecule has 27 heavy (non-hydrogen) atoms. The van der Waals surface area contributed by atoms with E-state index in [0.717, 1.165) is 5.69 Å². The van der Waals surface area contributed by atoms with Crippen LogP contribution in [0.25, 0.3) is 0 Å². The number of rotatable bonds is 9. The van der Waals surface area contributed by atoms with Crippen molar-refractivity contribution in [3.63, 3.8) is 0 Å². The van der Waals surface area contributed by atoms with Crippen LogP contribution in [0.4, 0.5) is 5.69 Å². The van der Waals surface area contributed by atoms with Gasteiger partial charge in [-0.15, -0.1) is 0 Å². The van der Waals surface area contributed by atoms with Crippen molar-refractivity contribution in [1.82, 2.24) is 5.43 Å². The summed E-state index contributed by atoms with van der Waals surface area (Å²) in [6.45, 7) is 1.93. The predicted molar refractivity (Wildman–Crippen MR) is 106 cm³/mol. The van der Waals surface area contributed by atoms with E-state index in [0.29, 0.717) is 29.2 Å². The maximum atomic E-state index is 12.4. The van der Waals surface area contributed by atoms with Gasteiger partial charge in [0.25, 0.3) is 5.91 Å². The van der Waals surface area contributed by atoms with Gasteiger partial charge in [-0.2, -0.15) is 5.10 Å². The van der Waals surface area contributed by atoms with Gasteiger partial charge in [0.1, 0.15) is 6.04 Å². The van der Waals surface area contributed by atoms with E-state index in [-0.39, 0.29) is 11.9 Å². The van der Waals surface area contributed by atoms with Gasteiger partial charge in [0.15, 0.2) is 11.5 Å². The Morgan fingerprint density at radius 2 is 1.70 bits per heavy atom. The molecule has 2 aromatic rings. The summed E-state index contributed by atoms with van der Waals surface area (Å²) in [5, 5.41) is 7.23. The van der Waals surface area contributed by atoms with Crippen LogP contribution in [0.3, 0.4) is 0 Å². The Balaban J connectivity index is 2.06. The third-order valence-electron chi connectivity index (χ3n) is 3.91. The smallest absolute Gasteiger partial charge is 0.262 e. The maximum absolute atomic E-state index is 12.4. The Kier molecular flexibility index (Phi) is 7.49. The number of amides is 1. The van der Waals surface area contributed by atoms with Gasteiger partial charge in [0.05, 0.1) is 27.5 Å². The highest BCUT2D eigenvalue weighted by Crippen LogP contribution is 2.37. The summed E-state index contributed by atoms with van der Waals surface area (Å²) >= 11 is 0. The minimum absolute atomic E-state index is 0.218. The molecular weight excluding hydrogens is 346 g/mol. The molecule has 0 bridgehead atoms. The molecular formula is C20H25N3O4. The van der Waals surface area contributed by atoms with Gasteiger partial charge in [0.2, 0.25) is 5.75 Å². The van der Waals surface area contributed by atoms with Crippen molar-refractivity contribution in [2.75, 3.05) is 26.6 Å². The van der Waals surface area contributed by atoms with Crippen LogP contribution in [0.2, 0.25) is 0 Å². The zero-order chi connectivity index (χ0) is 19.6. The first-order valence-corrected chi connectivity index (χ1v) is 8.57. The van der Waals surface area contributed by atoms with Crippen LogP contribution in [0.1, 0.15) is 18.9 Å². The lowest BCUT2D eigenvalue weighted by Gasteiger charge is -2.16. The van der Waals surface area contributed by atoms with Crippen LogP contribution in [0.15, 0.2) is 47.6 Å². The fraction of sp³-hybridized carbons (Fsp3) is 0.300. The molecule has 0 aromatic heterocycles. The van der Waals surface area contributed by atoms with Crippen molar-refractivity contribution in [2.45, 2.75) is 19.4 Å². The summed E-state index contributed by atoms with van der Waals surface area (Å²) in [5.41, 5.74) is 4.15. The molecule has 1 amide bonds. The molecule has 0 spiro atoms. The molecule has 2 N–H and O–H groups in total. The Hall–Kier alpha value is -3.22. The Morgan fingerprint density at radius 1 is 1.07 bits per heavy atom. The minimum Gasteiger partial charge on any atom is -0.493 e. The summed E-state index contributed by atoms with van der Waals surface area (Å²) < 4.78 is 15.9. The van der Waals surface area contributed by atoms with E-state index in [1.165, 1.54) is 6.21 Å². The lowest BCUT2D eigenvalue weighted by Crippen LogP contribution is -2.36. The second-order valence-electron chi connectivity index (χ2n) is 5.66. The van der Waals surface area contributed by atoms with E-state index in [2.05, 4.69) is 15.8 Å². The lowest BCUT2D eigenvalue weighted by atomic mass is 10.2. The number of nitrogens with zero attached hydrogens (tertiary/aromatic N) is 1. The lowest BCUT2D eigenvalue weighted by molar-refractivity contribution is -0.121. The highest BCUT2D eigenvalue weighted by molar-refractivity contribution is 5.87. The number of methoxy groups -OCH3 is 3. The number of hydrogen-bond acceptors (Lipinski definition) is 6. The van der Waals surface area contributed by atoms with Gasteiger partial charge in [-0.1, -0.05) is 25.1 Å². The van der Waals surface area contributed by atoms with E-state index < -0.39 is 0 Å². The fourth-order valence-corrected chi connectivity index (χ4v) is 2.51. The molecule has 0 fully saturated rings. The molecule has 0 aliphatic heterocycles. The molecule has 0 saturated carbocycles. The molecule has 1 atom stereocenters. The molecule has 0 aliphatic rings. The minimum atomic E-state index is -0.385. The van der Waals surface area contributed by atoms with Crippen molar-refractivity contribution in [3.05, 3.63) is 48.0 Å². The van der Waals surface area contributed by atoms with Crippen molar-refractivity contribution >= 4 is 17.8 Å². The standard InChI is InChI=1S/C20H25N3O4/c1-5-16(22-15-9-7-6-8-10-15)20(24)23-21-13-14-11-17(25-2)19(27-4)18(12-14)26-3/h6-13,16,22H,5H2,1-4H3,(H,23,24)/b21-13+. The van der Waals surface area contributed by atoms with Crippen molar-refractivity contribution < 1.29 is 19.0 Å². The molecule has 0 saturated heterocycles. The zero-order valence-electron chi connectivity index (χ0n) is 16.0. The van der Waals surface area contributed by atoms with Crippen LogP contribution in [0, 0.1) is 0 Å². The monoisotopic (exact) mass is 371 g/mol. The molecule has 0 aliphatic carbocycles. The van der Waals surface area contributed by atoms with E-state index in [9.17, 15) is 4.79 Å². The van der Waals surface area contributed by atoms with Gasteiger partial charge in [-0.25, -0.2) is 5.43 Å². The molecule has 0 heterocycles. The van der Waals surface area contributed by atoms with Crippen LogP contribution in [-0.4, -0.2) is 39.5 Å². The number of anilines is 1. The van der Waals surface area contributed by atoms with Crippen LogP contribution < -0.4 is 25.0 Å². The molecule has 2 rings (SSSR count). The molecule has 0 radical (unpaired) electrons. The Labute approximate surface area is 159 Å². The fourth-order valence-electron chi connectivity index (χ4n) is 2.51. The second-order valence-corrected chi connectivity index (χ2v) is 5.66. The summed E-state index contributed by atoms with van der Waals surface area (Å²) in [6, 6.07) is 12.7. The molecule has 7 nitrogen and oxygen atoms in total. The first-order valence-electron chi connectivity index (χ1n) is 8.57.